The molecular weight excluding hydrogens is 462 g/mol. The highest BCUT2D eigenvalue weighted by Crippen LogP contribution is 2.27. The van der Waals surface area contributed by atoms with Gasteiger partial charge in [-0.05, 0) is 70.0 Å². The SMILES string of the molecule is N#CCc1ccc(NC(=O)c2ccc(NS(=O)(=O)c3ccc(Br)s3)cc2)cc1. The average molecular weight is 476 g/mol. The Morgan fingerprint density at radius 2 is 1.64 bits per heavy atom. The third-order valence-corrected chi connectivity index (χ3v) is 7.20. The van der Waals surface area contributed by atoms with E-state index >= 15 is 0 Å². The standard InChI is InChI=1S/C19H14BrN3O3S2/c20-17-9-10-18(27-17)28(25,26)23-16-7-3-14(4-8-16)19(24)22-15-5-1-13(2-6-15)11-12-21/h1-10,23H,11H2,(H,22,24). The highest BCUT2D eigenvalue weighted by molar-refractivity contribution is 9.11. The highest BCUT2D eigenvalue weighted by atomic mass is 79.9. The third kappa shape index (κ3) is 4.98. The molecule has 2 aromatic carbocycles. The first-order chi connectivity index (χ1) is 13.4. The van der Waals surface area contributed by atoms with Crippen molar-refractivity contribution in [2.24, 2.45) is 0 Å². The summed E-state index contributed by atoms with van der Waals surface area (Å²) in [5, 5.41) is 11.4. The number of nitrogens with one attached hydrogen (secondary N) is 2. The summed E-state index contributed by atoms with van der Waals surface area (Å²) in [7, 11) is -3.67. The highest BCUT2D eigenvalue weighted by Gasteiger charge is 2.17. The molecule has 6 nitrogen and oxygen atoms in total. The van der Waals surface area contributed by atoms with Gasteiger partial charge in [-0.25, -0.2) is 8.42 Å². The number of carbonyl (C=O) groups excluding carboxylic acids is 1. The van der Waals surface area contributed by atoms with Gasteiger partial charge in [-0.2, -0.15) is 5.26 Å². The maximum absolute atomic E-state index is 12.3. The van der Waals surface area contributed by atoms with Gasteiger partial charge in [-0.15, -0.1) is 11.3 Å². The van der Waals surface area contributed by atoms with E-state index in [0.29, 0.717) is 23.4 Å². The van der Waals surface area contributed by atoms with Gasteiger partial charge in [0.1, 0.15) is 4.21 Å². The van der Waals surface area contributed by atoms with Gasteiger partial charge < -0.3 is 5.32 Å². The number of rotatable bonds is 6. The molecule has 0 radical (unpaired) electrons. The largest absolute Gasteiger partial charge is 0.322 e. The van der Waals surface area contributed by atoms with Crippen molar-refractivity contribution in [2.45, 2.75) is 10.6 Å². The van der Waals surface area contributed by atoms with Gasteiger partial charge in [0.25, 0.3) is 15.9 Å². The molecule has 0 atom stereocenters. The number of anilines is 2. The van der Waals surface area contributed by atoms with Crippen LogP contribution >= 0.6 is 27.3 Å². The quantitative estimate of drug-likeness (QED) is 0.542. The fourth-order valence-electron chi connectivity index (χ4n) is 2.34. The van der Waals surface area contributed by atoms with Crippen LogP contribution < -0.4 is 10.0 Å². The molecule has 1 aromatic heterocycles. The molecule has 0 aliphatic heterocycles. The van der Waals surface area contributed by atoms with Gasteiger partial charge in [0, 0.05) is 16.9 Å². The molecule has 3 rings (SSSR count). The van der Waals surface area contributed by atoms with Crippen LogP contribution in [0.25, 0.3) is 0 Å². The number of nitrogens with zero attached hydrogens (tertiary/aromatic N) is 1. The first kappa shape index (κ1) is 20.1. The van der Waals surface area contributed by atoms with E-state index in [2.05, 4.69) is 32.0 Å². The number of thiophene rings is 1. The maximum atomic E-state index is 12.3. The van der Waals surface area contributed by atoms with Crippen molar-refractivity contribution in [1.29, 1.82) is 5.26 Å². The normalized spacial score (nSPS) is 10.9. The smallest absolute Gasteiger partial charge is 0.271 e. The monoisotopic (exact) mass is 475 g/mol. The molecular formula is C19H14BrN3O3S2. The molecule has 28 heavy (non-hydrogen) atoms. The molecule has 1 amide bonds. The fraction of sp³-hybridized carbons (Fsp3) is 0.0526. The van der Waals surface area contributed by atoms with Gasteiger partial charge >= 0.3 is 0 Å². The molecule has 2 N–H and O–H groups in total. The van der Waals surface area contributed by atoms with Crippen molar-refractivity contribution in [3.63, 3.8) is 0 Å². The Kier molecular flexibility index (Phi) is 6.14. The summed E-state index contributed by atoms with van der Waals surface area (Å²) in [5.74, 6) is -0.315. The van der Waals surface area contributed by atoms with E-state index in [1.807, 2.05) is 0 Å². The summed E-state index contributed by atoms with van der Waals surface area (Å²) >= 11 is 4.35. The molecule has 0 unspecified atom stereocenters. The van der Waals surface area contributed by atoms with Gasteiger partial charge in [0.2, 0.25) is 0 Å². The Hall–Kier alpha value is -2.67. The van der Waals surface area contributed by atoms with E-state index in [1.54, 1.807) is 42.5 Å². The minimum atomic E-state index is -3.67. The first-order valence-electron chi connectivity index (χ1n) is 8.03. The lowest BCUT2D eigenvalue weighted by atomic mass is 10.1. The number of carbonyl (C=O) groups is 1. The molecule has 0 aliphatic rings. The van der Waals surface area contributed by atoms with E-state index in [1.165, 1.54) is 18.2 Å². The fourth-order valence-corrected chi connectivity index (χ4v) is 5.41. The van der Waals surface area contributed by atoms with Crippen LogP contribution in [0.5, 0.6) is 0 Å². The Balaban J connectivity index is 1.66. The van der Waals surface area contributed by atoms with E-state index < -0.39 is 10.0 Å². The molecule has 1 heterocycles. The predicted octanol–water partition coefficient (Wildman–Crippen LogP) is 4.63. The van der Waals surface area contributed by atoms with Crippen LogP contribution in [0.3, 0.4) is 0 Å². The number of amides is 1. The maximum Gasteiger partial charge on any atom is 0.271 e. The number of halogens is 1. The van der Waals surface area contributed by atoms with Crippen LogP contribution in [-0.4, -0.2) is 14.3 Å². The van der Waals surface area contributed by atoms with Crippen LogP contribution in [0.4, 0.5) is 11.4 Å². The minimum absolute atomic E-state index is 0.195. The van der Waals surface area contributed by atoms with Crippen LogP contribution in [0.1, 0.15) is 15.9 Å². The molecule has 0 saturated carbocycles. The molecule has 0 saturated heterocycles. The second-order valence-electron chi connectivity index (χ2n) is 5.73. The number of sulfonamides is 1. The van der Waals surface area contributed by atoms with Crippen LogP contribution in [0.2, 0.25) is 0 Å². The summed E-state index contributed by atoms with van der Waals surface area (Å²) in [6, 6.07) is 18.4. The van der Waals surface area contributed by atoms with E-state index in [4.69, 9.17) is 5.26 Å². The Morgan fingerprint density at radius 3 is 2.21 bits per heavy atom. The van der Waals surface area contributed by atoms with Crippen molar-refractivity contribution in [1.82, 2.24) is 0 Å². The number of benzene rings is 2. The summed E-state index contributed by atoms with van der Waals surface area (Å²) < 4.78 is 28.1. The molecule has 0 fully saturated rings. The molecule has 3 aromatic rings. The average Bonchev–Trinajstić information content (AvgIpc) is 3.11. The second kappa shape index (κ2) is 8.56. The minimum Gasteiger partial charge on any atom is -0.322 e. The summed E-state index contributed by atoms with van der Waals surface area (Å²) in [6.45, 7) is 0. The van der Waals surface area contributed by atoms with E-state index in [0.717, 1.165) is 20.7 Å². The lowest BCUT2D eigenvalue weighted by molar-refractivity contribution is 0.102. The van der Waals surface area contributed by atoms with Crippen LogP contribution in [-0.2, 0) is 16.4 Å². The lowest BCUT2D eigenvalue weighted by Gasteiger charge is -2.08. The molecule has 0 aliphatic carbocycles. The second-order valence-corrected chi connectivity index (χ2v) is 10.1. The molecule has 0 spiro atoms. The van der Waals surface area contributed by atoms with Gasteiger partial charge in [0.15, 0.2) is 0 Å². The van der Waals surface area contributed by atoms with Crippen molar-refractivity contribution in [3.8, 4) is 6.07 Å². The number of nitriles is 1. The zero-order chi connectivity index (χ0) is 20.1. The first-order valence-corrected chi connectivity index (χ1v) is 11.1. The van der Waals surface area contributed by atoms with Gasteiger partial charge in [0.05, 0.1) is 16.3 Å². The zero-order valence-corrected chi connectivity index (χ0v) is 17.6. The summed E-state index contributed by atoms with van der Waals surface area (Å²) in [4.78, 5) is 12.3. The topological polar surface area (TPSA) is 99.1 Å². The lowest BCUT2D eigenvalue weighted by Crippen LogP contribution is -2.13. The number of hydrogen-bond donors (Lipinski definition) is 2. The van der Waals surface area contributed by atoms with E-state index in [9.17, 15) is 13.2 Å². The van der Waals surface area contributed by atoms with Crippen LogP contribution in [0, 0.1) is 11.3 Å². The van der Waals surface area contributed by atoms with Crippen molar-refractivity contribution >= 4 is 54.6 Å². The molecule has 142 valence electrons. The Bertz CT molecular complexity index is 1130. The van der Waals surface area contributed by atoms with Crippen molar-refractivity contribution in [2.75, 3.05) is 10.0 Å². The Labute approximate surface area is 175 Å². The third-order valence-electron chi connectivity index (χ3n) is 3.71. The molecule has 9 heteroatoms. The van der Waals surface area contributed by atoms with Crippen molar-refractivity contribution < 1.29 is 13.2 Å². The summed E-state index contributed by atoms with van der Waals surface area (Å²) in [6.07, 6.45) is 0.314. The van der Waals surface area contributed by atoms with E-state index in [-0.39, 0.29) is 10.1 Å². The van der Waals surface area contributed by atoms with Gasteiger partial charge in [-0.1, -0.05) is 12.1 Å². The van der Waals surface area contributed by atoms with Crippen LogP contribution in [0.15, 0.2) is 68.7 Å². The summed E-state index contributed by atoms with van der Waals surface area (Å²) in [5.41, 5.74) is 2.24. The zero-order valence-electron chi connectivity index (χ0n) is 14.3. The van der Waals surface area contributed by atoms with Gasteiger partial charge in [-0.3, -0.25) is 9.52 Å². The molecule has 0 bridgehead atoms. The number of hydrogen-bond acceptors (Lipinski definition) is 5. The Morgan fingerprint density at radius 1 is 1.00 bits per heavy atom. The van der Waals surface area contributed by atoms with Crippen molar-refractivity contribution in [3.05, 3.63) is 75.6 Å². The predicted molar refractivity (Wildman–Crippen MR) is 113 cm³/mol.